The molecule has 0 aromatic heterocycles. The minimum atomic E-state index is -5.02. The van der Waals surface area contributed by atoms with E-state index in [0.717, 1.165) is 10.4 Å². The van der Waals surface area contributed by atoms with Crippen LogP contribution in [0.1, 0.15) is 18.4 Å². The van der Waals surface area contributed by atoms with Gasteiger partial charge in [-0.1, -0.05) is 0 Å². The fraction of sp³-hybridized carbons (Fsp3) is 0.417. The van der Waals surface area contributed by atoms with Gasteiger partial charge in [-0.15, -0.1) is 0 Å². The molecule has 0 radical (unpaired) electrons. The van der Waals surface area contributed by atoms with Gasteiger partial charge < -0.3 is 5.73 Å². The first-order chi connectivity index (χ1) is 10.0. The number of alkyl halides is 3. The highest BCUT2D eigenvalue weighted by Gasteiger charge is 2.40. The smallest absolute Gasteiger partial charge is 0.368 e. The molecular weight excluding hydrogens is 328 g/mol. The van der Waals surface area contributed by atoms with Gasteiger partial charge in [0.2, 0.25) is 15.9 Å². The van der Waals surface area contributed by atoms with Crippen molar-refractivity contribution in [2.45, 2.75) is 30.0 Å². The predicted molar refractivity (Wildman–Crippen MR) is 67.5 cm³/mol. The number of sulfonamides is 1. The van der Waals surface area contributed by atoms with Gasteiger partial charge in [-0.2, -0.15) is 17.5 Å². The standard InChI is InChI=1S/C12H12F4N2O3S/c13-9-4-3-7(6-8(9)12(14,15)16)22(20,21)18-5-1-2-10(18)11(17)19/h3-4,6,10H,1-2,5H2,(H2,17,19). The normalized spacial score (nSPS) is 20.3. The maximum absolute atomic E-state index is 13.2. The number of nitrogens with zero attached hydrogens (tertiary/aromatic N) is 1. The van der Waals surface area contributed by atoms with Gasteiger partial charge in [-0.25, -0.2) is 12.8 Å². The summed E-state index contributed by atoms with van der Waals surface area (Å²) >= 11 is 0. The number of rotatable bonds is 3. The number of benzene rings is 1. The van der Waals surface area contributed by atoms with Crippen LogP contribution in [0.2, 0.25) is 0 Å². The van der Waals surface area contributed by atoms with Crippen molar-refractivity contribution in [2.75, 3.05) is 6.54 Å². The topological polar surface area (TPSA) is 80.5 Å². The molecule has 1 heterocycles. The van der Waals surface area contributed by atoms with Crippen molar-refractivity contribution < 1.29 is 30.8 Å². The zero-order valence-electron chi connectivity index (χ0n) is 11.1. The van der Waals surface area contributed by atoms with Crippen LogP contribution in [-0.4, -0.2) is 31.2 Å². The molecule has 122 valence electrons. The van der Waals surface area contributed by atoms with Crippen molar-refractivity contribution in [3.8, 4) is 0 Å². The highest BCUT2D eigenvalue weighted by Crippen LogP contribution is 2.34. The average Bonchev–Trinajstić information content (AvgIpc) is 2.87. The van der Waals surface area contributed by atoms with Crippen LogP contribution in [0.4, 0.5) is 17.6 Å². The van der Waals surface area contributed by atoms with Gasteiger partial charge in [0.25, 0.3) is 0 Å². The first kappa shape index (κ1) is 16.7. The summed E-state index contributed by atoms with van der Waals surface area (Å²) in [5, 5.41) is 0. The number of hydrogen-bond donors (Lipinski definition) is 1. The summed E-state index contributed by atoms with van der Waals surface area (Å²) in [7, 11) is -4.37. The second-order valence-corrected chi connectivity index (χ2v) is 6.71. The van der Waals surface area contributed by atoms with Gasteiger partial charge in [-0.3, -0.25) is 4.79 Å². The molecule has 0 spiro atoms. The van der Waals surface area contributed by atoms with E-state index in [2.05, 4.69) is 0 Å². The van der Waals surface area contributed by atoms with Crippen molar-refractivity contribution in [3.63, 3.8) is 0 Å². The second-order valence-electron chi connectivity index (χ2n) is 4.82. The molecule has 10 heteroatoms. The number of nitrogens with two attached hydrogens (primary N) is 1. The van der Waals surface area contributed by atoms with Crippen LogP contribution in [0.15, 0.2) is 23.1 Å². The largest absolute Gasteiger partial charge is 0.419 e. The third kappa shape index (κ3) is 2.93. The molecule has 2 N–H and O–H groups in total. The summed E-state index contributed by atoms with van der Waals surface area (Å²) in [5.41, 5.74) is 3.42. The highest BCUT2D eigenvalue weighted by atomic mass is 32.2. The van der Waals surface area contributed by atoms with E-state index in [0.29, 0.717) is 12.5 Å². The number of carbonyl (C=O) groups is 1. The lowest BCUT2D eigenvalue weighted by atomic mass is 10.2. The Hall–Kier alpha value is -1.68. The molecule has 1 saturated heterocycles. The Balaban J connectivity index is 2.49. The Labute approximate surface area is 123 Å². The minimum Gasteiger partial charge on any atom is -0.368 e. The first-order valence-corrected chi connectivity index (χ1v) is 7.67. The predicted octanol–water partition coefficient (Wildman–Crippen LogP) is 1.48. The number of primary amides is 1. The highest BCUT2D eigenvalue weighted by molar-refractivity contribution is 7.89. The van der Waals surface area contributed by atoms with Crippen LogP contribution >= 0.6 is 0 Å². The van der Waals surface area contributed by atoms with Gasteiger partial charge in [0, 0.05) is 6.54 Å². The van der Waals surface area contributed by atoms with Crippen molar-refractivity contribution in [3.05, 3.63) is 29.6 Å². The molecule has 1 aromatic rings. The van der Waals surface area contributed by atoms with Crippen molar-refractivity contribution >= 4 is 15.9 Å². The lowest BCUT2D eigenvalue weighted by Crippen LogP contribution is -2.43. The molecule has 0 saturated carbocycles. The molecule has 0 bridgehead atoms. The lowest BCUT2D eigenvalue weighted by molar-refractivity contribution is -0.140. The van der Waals surface area contributed by atoms with Crippen LogP contribution in [-0.2, 0) is 21.0 Å². The van der Waals surface area contributed by atoms with E-state index >= 15 is 0 Å². The number of halogens is 4. The Morgan fingerprint density at radius 2 is 1.95 bits per heavy atom. The zero-order chi connectivity index (χ0) is 16.7. The van der Waals surface area contributed by atoms with E-state index in [-0.39, 0.29) is 19.0 Å². The summed E-state index contributed by atoms with van der Waals surface area (Å²) in [6.45, 7) is -0.0331. The fourth-order valence-corrected chi connectivity index (χ4v) is 4.02. The molecule has 1 aromatic carbocycles. The molecule has 2 rings (SSSR count). The maximum Gasteiger partial charge on any atom is 0.419 e. The number of amides is 1. The minimum absolute atomic E-state index is 0.0331. The molecule has 1 aliphatic rings. The van der Waals surface area contributed by atoms with Crippen LogP contribution in [0.3, 0.4) is 0 Å². The van der Waals surface area contributed by atoms with Crippen molar-refractivity contribution in [1.82, 2.24) is 4.31 Å². The van der Waals surface area contributed by atoms with Crippen LogP contribution in [0.5, 0.6) is 0 Å². The van der Waals surface area contributed by atoms with E-state index in [1.54, 1.807) is 0 Å². The van der Waals surface area contributed by atoms with E-state index < -0.39 is 44.4 Å². The SMILES string of the molecule is NC(=O)C1CCCN1S(=O)(=O)c1ccc(F)c(C(F)(F)F)c1. The van der Waals surface area contributed by atoms with Gasteiger partial charge in [0.05, 0.1) is 10.5 Å². The summed E-state index contributed by atoms with van der Waals surface area (Å²) in [6.07, 6.45) is -4.47. The van der Waals surface area contributed by atoms with E-state index in [1.807, 2.05) is 0 Å². The molecule has 22 heavy (non-hydrogen) atoms. The van der Waals surface area contributed by atoms with Gasteiger partial charge in [0.1, 0.15) is 11.9 Å². The molecule has 1 unspecified atom stereocenters. The van der Waals surface area contributed by atoms with Gasteiger partial charge in [0.15, 0.2) is 0 Å². The van der Waals surface area contributed by atoms with Crippen molar-refractivity contribution in [2.24, 2.45) is 5.73 Å². The van der Waals surface area contributed by atoms with E-state index in [1.165, 1.54) is 0 Å². The Kier molecular flexibility index (Phi) is 4.18. The van der Waals surface area contributed by atoms with Crippen LogP contribution in [0, 0.1) is 5.82 Å². The first-order valence-electron chi connectivity index (χ1n) is 6.23. The average molecular weight is 340 g/mol. The summed E-state index contributed by atoms with van der Waals surface area (Å²) in [6, 6.07) is 0.284. The molecule has 1 fully saturated rings. The molecule has 1 atom stereocenters. The monoisotopic (exact) mass is 340 g/mol. The Bertz CT molecular complexity index is 703. The quantitative estimate of drug-likeness (QED) is 0.847. The van der Waals surface area contributed by atoms with E-state index in [4.69, 9.17) is 5.73 Å². The van der Waals surface area contributed by atoms with Crippen LogP contribution in [0.25, 0.3) is 0 Å². The second kappa shape index (κ2) is 5.51. The molecule has 1 amide bonds. The van der Waals surface area contributed by atoms with Gasteiger partial charge in [-0.05, 0) is 31.0 Å². The molecular formula is C12H12F4N2O3S. The molecule has 1 aliphatic heterocycles. The van der Waals surface area contributed by atoms with Crippen molar-refractivity contribution in [1.29, 1.82) is 0 Å². The van der Waals surface area contributed by atoms with E-state index in [9.17, 15) is 30.8 Å². The fourth-order valence-electron chi connectivity index (χ4n) is 2.33. The molecule has 5 nitrogen and oxygen atoms in total. The summed E-state index contributed by atoms with van der Waals surface area (Å²) in [5.74, 6) is -2.45. The Morgan fingerprint density at radius 1 is 1.32 bits per heavy atom. The third-order valence-electron chi connectivity index (χ3n) is 3.38. The van der Waals surface area contributed by atoms with Gasteiger partial charge >= 0.3 is 6.18 Å². The number of carbonyl (C=O) groups excluding carboxylic acids is 1. The number of hydrogen-bond acceptors (Lipinski definition) is 3. The Morgan fingerprint density at radius 3 is 2.50 bits per heavy atom. The third-order valence-corrected chi connectivity index (χ3v) is 5.29. The van der Waals surface area contributed by atoms with Crippen LogP contribution < -0.4 is 5.73 Å². The lowest BCUT2D eigenvalue weighted by Gasteiger charge is -2.22. The summed E-state index contributed by atoms with van der Waals surface area (Å²) < 4.78 is 76.8. The zero-order valence-corrected chi connectivity index (χ0v) is 11.9. The summed E-state index contributed by atoms with van der Waals surface area (Å²) in [4.78, 5) is 10.5. The molecule has 0 aliphatic carbocycles. The maximum atomic E-state index is 13.2.